The van der Waals surface area contributed by atoms with Crippen LogP contribution in [0.25, 0.3) is 0 Å². The van der Waals surface area contributed by atoms with Crippen molar-refractivity contribution in [3.05, 3.63) is 70.8 Å². The maximum Gasteiger partial charge on any atom is 0.254 e. The summed E-state index contributed by atoms with van der Waals surface area (Å²) < 4.78 is 0. The quantitative estimate of drug-likeness (QED) is 0.816. The van der Waals surface area contributed by atoms with Crippen molar-refractivity contribution in [1.29, 1.82) is 0 Å². The van der Waals surface area contributed by atoms with E-state index in [4.69, 9.17) is 0 Å². The lowest BCUT2D eigenvalue weighted by atomic mass is 9.98. The molecule has 2 aliphatic heterocycles. The Hall–Kier alpha value is -2.62. The van der Waals surface area contributed by atoms with E-state index in [1.54, 1.807) is 24.3 Å². The summed E-state index contributed by atoms with van der Waals surface area (Å²) in [7, 11) is 0. The highest BCUT2D eigenvalue weighted by Gasteiger charge is 2.24. The third kappa shape index (κ3) is 3.75. The predicted octanol–water partition coefficient (Wildman–Crippen LogP) is 3.76. The molecule has 0 N–H and O–H groups in total. The third-order valence-corrected chi connectivity index (χ3v) is 5.74. The molecule has 4 nitrogen and oxygen atoms in total. The Morgan fingerprint density at radius 1 is 0.852 bits per heavy atom. The van der Waals surface area contributed by atoms with Gasteiger partial charge < -0.3 is 9.80 Å². The highest BCUT2D eigenvalue weighted by atomic mass is 16.2. The van der Waals surface area contributed by atoms with Crippen molar-refractivity contribution in [2.75, 3.05) is 19.6 Å². The molecule has 0 bridgehead atoms. The van der Waals surface area contributed by atoms with Crippen LogP contribution in [-0.2, 0) is 13.0 Å². The Morgan fingerprint density at radius 3 is 2.15 bits per heavy atom. The van der Waals surface area contributed by atoms with Gasteiger partial charge in [-0.15, -0.1) is 0 Å². The molecule has 140 valence electrons. The van der Waals surface area contributed by atoms with Crippen LogP contribution < -0.4 is 0 Å². The van der Waals surface area contributed by atoms with Crippen LogP contribution in [0, 0.1) is 5.92 Å². The van der Waals surface area contributed by atoms with E-state index in [-0.39, 0.29) is 11.8 Å². The van der Waals surface area contributed by atoms with Gasteiger partial charge in [0.25, 0.3) is 11.8 Å². The van der Waals surface area contributed by atoms with Crippen LogP contribution in [0.2, 0.25) is 0 Å². The number of piperidine rings is 1. The molecule has 0 aliphatic carbocycles. The zero-order valence-corrected chi connectivity index (χ0v) is 15.9. The number of hydrogen-bond donors (Lipinski definition) is 0. The van der Waals surface area contributed by atoms with E-state index in [2.05, 4.69) is 25.1 Å². The average Bonchev–Trinajstić information content (AvgIpc) is 2.72. The first-order valence-electron chi connectivity index (χ1n) is 9.87. The fraction of sp³-hybridized carbons (Fsp3) is 0.391. The molecular formula is C23H26N2O2. The maximum atomic E-state index is 12.9. The monoisotopic (exact) mass is 362 g/mol. The molecule has 2 aliphatic rings. The summed E-state index contributed by atoms with van der Waals surface area (Å²) in [6.45, 7) is 5.24. The maximum absolute atomic E-state index is 12.9. The van der Waals surface area contributed by atoms with Gasteiger partial charge >= 0.3 is 0 Å². The number of benzene rings is 2. The molecule has 1 unspecified atom stereocenters. The van der Waals surface area contributed by atoms with Crippen molar-refractivity contribution in [3.8, 4) is 0 Å². The number of nitrogens with zero attached hydrogens (tertiary/aromatic N) is 2. The lowest BCUT2D eigenvalue weighted by Gasteiger charge is -2.31. The van der Waals surface area contributed by atoms with Gasteiger partial charge in [0.2, 0.25) is 0 Å². The van der Waals surface area contributed by atoms with Crippen molar-refractivity contribution in [2.45, 2.75) is 32.7 Å². The van der Waals surface area contributed by atoms with Crippen molar-refractivity contribution in [2.24, 2.45) is 5.92 Å². The van der Waals surface area contributed by atoms with Gasteiger partial charge in [0.15, 0.2) is 0 Å². The Morgan fingerprint density at radius 2 is 1.48 bits per heavy atom. The van der Waals surface area contributed by atoms with Gasteiger partial charge in [0.1, 0.15) is 0 Å². The summed E-state index contributed by atoms with van der Waals surface area (Å²) >= 11 is 0. The van der Waals surface area contributed by atoms with E-state index < -0.39 is 0 Å². The fourth-order valence-corrected chi connectivity index (χ4v) is 4.16. The minimum atomic E-state index is 0.0371. The van der Waals surface area contributed by atoms with E-state index in [0.717, 1.165) is 32.5 Å². The molecule has 2 heterocycles. The van der Waals surface area contributed by atoms with Crippen molar-refractivity contribution in [3.63, 3.8) is 0 Å². The zero-order valence-electron chi connectivity index (χ0n) is 15.9. The Labute approximate surface area is 160 Å². The number of rotatable bonds is 2. The largest absolute Gasteiger partial charge is 0.338 e. The van der Waals surface area contributed by atoms with Gasteiger partial charge in [-0.2, -0.15) is 0 Å². The van der Waals surface area contributed by atoms with Gasteiger partial charge in [-0.05, 0) is 60.6 Å². The number of likely N-dealkylation sites (tertiary alicyclic amines) is 1. The molecule has 0 aromatic heterocycles. The summed E-state index contributed by atoms with van der Waals surface area (Å²) in [4.78, 5) is 29.4. The summed E-state index contributed by atoms with van der Waals surface area (Å²) in [6, 6.07) is 15.5. The molecule has 2 amide bonds. The SMILES string of the molecule is CC1CCCN(C(=O)c2ccc(C(=O)N3CCc4ccccc4C3)cc2)C1. The Bertz CT molecular complexity index is 844. The van der Waals surface area contributed by atoms with E-state index in [1.807, 2.05) is 15.9 Å². The highest BCUT2D eigenvalue weighted by Crippen LogP contribution is 2.21. The second-order valence-electron chi connectivity index (χ2n) is 7.82. The molecule has 0 spiro atoms. The molecule has 1 fully saturated rings. The van der Waals surface area contributed by atoms with Crippen LogP contribution in [0.5, 0.6) is 0 Å². The zero-order chi connectivity index (χ0) is 18.8. The molecule has 0 saturated carbocycles. The summed E-state index contributed by atoms with van der Waals surface area (Å²) in [6.07, 6.45) is 3.15. The smallest absolute Gasteiger partial charge is 0.254 e. The first-order chi connectivity index (χ1) is 13.1. The first-order valence-corrected chi connectivity index (χ1v) is 9.87. The summed E-state index contributed by atoms with van der Waals surface area (Å²) in [5.74, 6) is 0.674. The number of amides is 2. The van der Waals surface area contributed by atoms with E-state index in [1.165, 1.54) is 17.5 Å². The number of hydrogen-bond acceptors (Lipinski definition) is 2. The summed E-state index contributed by atoms with van der Waals surface area (Å²) in [5, 5.41) is 0. The molecule has 2 aromatic rings. The third-order valence-electron chi connectivity index (χ3n) is 5.74. The first kappa shape index (κ1) is 17.8. The van der Waals surface area contributed by atoms with Gasteiger partial charge in [0, 0.05) is 37.3 Å². The molecular weight excluding hydrogens is 336 g/mol. The van der Waals surface area contributed by atoms with Crippen LogP contribution in [0.1, 0.15) is 51.6 Å². The van der Waals surface area contributed by atoms with Crippen LogP contribution in [0.15, 0.2) is 48.5 Å². The molecule has 1 saturated heterocycles. The minimum absolute atomic E-state index is 0.0371. The molecule has 27 heavy (non-hydrogen) atoms. The molecule has 1 atom stereocenters. The van der Waals surface area contributed by atoms with Crippen LogP contribution in [0.4, 0.5) is 0 Å². The van der Waals surface area contributed by atoms with Crippen LogP contribution in [0.3, 0.4) is 0 Å². The predicted molar refractivity (Wildman–Crippen MR) is 106 cm³/mol. The van der Waals surface area contributed by atoms with Crippen molar-refractivity contribution < 1.29 is 9.59 Å². The molecule has 2 aromatic carbocycles. The highest BCUT2D eigenvalue weighted by molar-refractivity contribution is 5.98. The van der Waals surface area contributed by atoms with Gasteiger partial charge in [-0.25, -0.2) is 0 Å². The normalized spacial score (nSPS) is 19.5. The van der Waals surface area contributed by atoms with Gasteiger partial charge in [-0.3, -0.25) is 9.59 Å². The molecule has 4 rings (SSSR count). The Kier molecular flexibility index (Phi) is 4.97. The number of carbonyl (C=O) groups is 2. The standard InChI is InChI=1S/C23H26N2O2/c1-17-5-4-13-24(15-17)22(26)19-8-10-20(11-9-19)23(27)25-14-12-18-6-2-3-7-21(18)16-25/h2-3,6-11,17H,4-5,12-16H2,1H3. The molecule has 0 radical (unpaired) electrons. The van der Waals surface area contributed by atoms with E-state index in [0.29, 0.717) is 23.6 Å². The number of carbonyl (C=O) groups excluding carboxylic acids is 2. The fourth-order valence-electron chi connectivity index (χ4n) is 4.16. The minimum Gasteiger partial charge on any atom is -0.338 e. The van der Waals surface area contributed by atoms with Crippen LogP contribution >= 0.6 is 0 Å². The van der Waals surface area contributed by atoms with Gasteiger partial charge in [-0.1, -0.05) is 31.2 Å². The lowest BCUT2D eigenvalue weighted by molar-refractivity contribution is 0.0680. The number of fused-ring (bicyclic) bond motifs is 1. The van der Waals surface area contributed by atoms with Gasteiger partial charge in [0.05, 0.1) is 0 Å². The van der Waals surface area contributed by atoms with Crippen molar-refractivity contribution >= 4 is 11.8 Å². The summed E-state index contributed by atoms with van der Waals surface area (Å²) in [5.41, 5.74) is 3.88. The second kappa shape index (κ2) is 7.55. The lowest BCUT2D eigenvalue weighted by Crippen LogP contribution is -2.39. The average molecular weight is 362 g/mol. The Balaban J connectivity index is 1.44. The molecule has 4 heteroatoms. The van der Waals surface area contributed by atoms with Crippen molar-refractivity contribution in [1.82, 2.24) is 9.80 Å². The second-order valence-corrected chi connectivity index (χ2v) is 7.82. The van der Waals surface area contributed by atoms with E-state index in [9.17, 15) is 9.59 Å². The van der Waals surface area contributed by atoms with Crippen LogP contribution in [-0.4, -0.2) is 41.2 Å². The topological polar surface area (TPSA) is 40.6 Å². The van der Waals surface area contributed by atoms with E-state index >= 15 is 0 Å².